The van der Waals surface area contributed by atoms with Crippen LogP contribution in [0.15, 0.2) is 48.7 Å². The van der Waals surface area contributed by atoms with Gasteiger partial charge in [0, 0.05) is 36.5 Å². The Kier molecular flexibility index (Phi) is 5.54. The van der Waals surface area contributed by atoms with Gasteiger partial charge in [0.15, 0.2) is 0 Å². The topological polar surface area (TPSA) is 76.0 Å². The SMILES string of the molecule is Cc1ccc(-c2ccnn2C)cc1NC(=O)C(=O)N[C@@H]1C[C@H]1c1ccc(Cl)c(Cl)c1. The Bertz CT molecular complexity index is 1140. The molecule has 0 saturated heterocycles. The van der Waals surface area contributed by atoms with Gasteiger partial charge in [-0.1, -0.05) is 41.4 Å². The summed E-state index contributed by atoms with van der Waals surface area (Å²) >= 11 is 12.0. The Morgan fingerprint density at radius 1 is 1.07 bits per heavy atom. The van der Waals surface area contributed by atoms with E-state index in [9.17, 15) is 9.59 Å². The van der Waals surface area contributed by atoms with Crippen LogP contribution in [0.25, 0.3) is 11.3 Å². The van der Waals surface area contributed by atoms with Gasteiger partial charge in [0.25, 0.3) is 0 Å². The highest BCUT2D eigenvalue weighted by molar-refractivity contribution is 6.42. The minimum Gasteiger partial charge on any atom is -0.344 e. The summed E-state index contributed by atoms with van der Waals surface area (Å²) < 4.78 is 1.75. The highest BCUT2D eigenvalue weighted by Gasteiger charge is 2.40. The molecule has 8 heteroatoms. The summed E-state index contributed by atoms with van der Waals surface area (Å²) in [6.45, 7) is 1.88. The van der Waals surface area contributed by atoms with E-state index < -0.39 is 11.8 Å². The van der Waals surface area contributed by atoms with E-state index in [1.165, 1.54) is 0 Å². The Morgan fingerprint density at radius 2 is 1.87 bits per heavy atom. The zero-order chi connectivity index (χ0) is 21.4. The van der Waals surface area contributed by atoms with E-state index in [1.807, 2.05) is 44.3 Å². The molecule has 0 radical (unpaired) electrons. The average Bonchev–Trinajstić information content (AvgIpc) is 3.34. The maximum atomic E-state index is 12.5. The number of rotatable bonds is 4. The first-order chi connectivity index (χ1) is 14.3. The minimum absolute atomic E-state index is 0.0950. The van der Waals surface area contributed by atoms with Crippen molar-refractivity contribution in [2.75, 3.05) is 5.32 Å². The fraction of sp³-hybridized carbons (Fsp3) is 0.227. The number of amides is 2. The third-order valence-corrected chi connectivity index (χ3v) is 6.03. The summed E-state index contributed by atoms with van der Waals surface area (Å²) in [6.07, 6.45) is 2.47. The van der Waals surface area contributed by atoms with Gasteiger partial charge >= 0.3 is 11.8 Å². The van der Waals surface area contributed by atoms with Crippen LogP contribution in [0.4, 0.5) is 5.69 Å². The quantitative estimate of drug-likeness (QED) is 0.590. The maximum Gasteiger partial charge on any atom is 0.313 e. The minimum atomic E-state index is -0.694. The number of hydrogen-bond donors (Lipinski definition) is 2. The Labute approximate surface area is 184 Å². The standard InChI is InChI=1S/C22H20Cl2N4O2/c1-12-3-4-14(20-7-8-25-28(20)2)10-18(12)26-21(29)22(30)27-19-11-15(19)13-5-6-16(23)17(24)9-13/h3-10,15,19H,11H2,1-2H3,(H,26,29)(H,27,30)/t15-,19+/m0/s1. The molecule has 0 unspecified atom stereocenters. The van der Waals surface area contributed by atoms with Gasteiger partial charge in [0.1, 0.15) is 0 Å². The van der Waals surface area contributed by atoms with Gasteiger partial charge in [-0.3, -0.25) is 14.3 Å². The second-order valence-corrected chi connectivity index (χ2v) is 8.23. The van der Waals surface area contributed by atoms with E-state index in [0.29, 0.717) is 15.7 Å². The molecule has 1 heterocycles. The highest BCUT2D eigenvalue weighted by Crippen LogP contribution is 2.42. The fourth-order valence-corrected chi connectivity index (χ4v) is 3.76. The molecule has 0 bridgehead atoms. The summed E-state index contributed by atoms with van der Waals surface area (Å²) in [5, 5.41) is 10.6. The molecule has 1 saturated carbocycles. The van der Waals surface area contributed by atoms with Crippen molar-refractivity contribution in [1.82, 2.24) is 15.1 Å². The lowest BCUT2D eigenvalue weighted by Crippen LogP contribution is -2.37. The number of carbonyl (C=O) groups is 2. The highest BCUT2D eigenvalue weighted by atomic mass is 35.5. The molecule has 6 nitrogen and oxygen atoms in total. The molecule has 0 spiro atoms. The zero-order valence-electron chi connectivity index (χ0n) is 16.4. The maximum absolute atomic E-state index is 12.5. The summed E-state index contributed by atoms with van der Waals surface area (Å²) in [5.74, 6) is -1.22. The summed E-state index contributed by atoms with van der Waals surface area (Å²) in [6, 6.07) is 12.9. The van der Waals surface area contributed by atoms with Crippen LogP contribution < -0.4 is 10.6 Å². The molecular weight excluding hydrogens is 423 g/mol. The number of nitrogens with zero attached hydrogens (tertiary/aromatic N) is 2. The third-order valence-electron chi connectivity index (χ3n) is 5.29. The largest absolute Gasteiger partial charge is 0.344 e. The van der Waals surface area contributed by atoms with E-state index in [-0.39, 0.29) is 12.0 Å². The zero-order valence-corrected chi connectivity index (χ0v) is 18.0. The molecule has 1 fully saturated rings. The van der Waals surface area contributed by atoms with E-state index in [1.54, 1.807) is 23.0 Å². The molecule has 2 atom stereocenters. The van der Waals surface area contributed by atoms with Crippen molar-refractivity contribution in [2.45, 2.75) is 25.3 Å². The van der Waals surface area contributed by atoms with Crippen LogP contribution in [-0.2, 0) is 16.6 Å². The fourth-order valence-electron chi connectivity index (χ4n) is 3.45. The predicted molar refractivity (Wildman–Crippen MR) is 118 cm³/mol. The van der Waals surface area contributed by atoms with Gasteiger partial charge in [0.05, 0.1) is 15.7 Å². The van der Waals surface area contributed by atoms with Crippen molar-refractivity contribution >= 4 is 40.7 Å². The van der Waals surface area contributed by atoms with Crippen molar-refractivity contribution in [3.05, 3.63) is 69.8 Å². The number of aryl methyl sites for hydroxylation is 2. The van der Waals surface area contributed by atoms with E-state index in [0.717, 1.165) is 28.8 Å². The number of benzene rings is 2. The number of nitrogens with one attached hydrogen (secondary N) is 2. The lowest BCUT2D eigenvalue weighted by molar-refractivity contribution is -0.136. The van der Waals surface area contributed by atoms with E-state index in [2.05, 4.69) is 15.7 Å². The number of carbonyl (C=O) groups excluding carboxylic acids is 2. The van der Waals surface area contributed by atoms with Crippen molar-refractivity contribution in [3.8, 4) is 11.3 Å². The molecule has 2 aromatic carbocycles. The molecular formula is C22H20Cl2N4O2. The monoisotopic (exact) mass is 442 g/mol. The summed E-state index contributed by atoms with van der Waals surface area (Å²) in [4.78, 5) is 24.8. The Morgan fingerprint density at radius 3 is 2.57 bits per heavy atom. The van der Waals surface area contributed by atoms with Gasteiger partial charge < -0.3 is 10.6 Å². The number of aromatic nitrogens is 2. The Hall–Kier alpha value is -2.83. The smallest absolute Gasteiger partial charge is 0.313 e. The van der Waals surface area contributed by atoms with Crippen molar-refractivity contribution in [2.24, 2.45) is 7.05 Å². The van der Waals surface area contributed by atoms with Gasteiger partial charge in [-0.25, -0.2) is 0 Å². The van der Waals surface area contributed by atoms with Gasteiger partial charge in [-0.15, -0.1) is 0 Å². The molecule has 2 amide bonds. The molecule has 4 rings (SSSR count). The lowest BCUT2D eigenvalue weighted by Gasteiger charge is -2.11. The molecule has 1 aromatic heterocycles. The van der Waals surface area contributed by atoms with Crippen LogP contribution >= 0.6 is 23.2 Å². The molecule has 1 aliphatic rings. The van der Waals surface area contributed by atoms with Crippen LogP contribution in [0, 0.1) is 6.92 Å². The molecule has 3 aromatic rings. The average molecular weight is 443 g/mol. The number of halogens is 2. The number of anilines is 1. The number of hydrogen-bond acceptors (Lipinski definition) is 3. The van der Waals surface area contributed by atoms with E-state index >= 15 is 0 Å². The van der Waals surface area contributed by atoms with Crippen molar-refractivity contribution in [3.63, 3.8) is 0 Å². The van der Waals surface area contributed by atoms with E-state index in [4.69, 9.17) is 23.2 Å². The van der Waals surface area contributed by atoms with Crippen molar-refractivity contribution < 1.29 is 9.59 Å². The van der Waals surface area contributed by atoms with Crippen molar-refractivity contribution in [1.29, 1.82) is 0 Å². The van der Waals surface area contributed by atoms with Crippen LogP contribution in [0.3, 0.4) is 0 Å². The van der Waals surface area contributed by atoms with Gasteiger partial charge in [-0.2, -0.15) is 5.10 Å². The van der Waals surface area contributed by atoms with Crippen LogP contribution in [0.1, 0.15) is 23.5 Å². The molecule has 1 aliphatic carbocycles. The summed E-state index contributed by atoms with van der Waals surface area (Å²) in [5.41, 5.74) is 4.26. The lowest BCUT2D eigenvalue weighted by atomic mass is 10.1. The molecule has 154 valence electrons. The van der Waals surface area contributed by atoms with Gasteiger partial charge in [0.2, 0.25) is 0 Å². The van der Waals surface area contributed by atoms with Crippen LogP contribution in [0.5, 0.6) is 0 Å². The summed E-state index contributed by atoms with van der Waals surface area (Å²) in [7, 11) is 1.85. The second kappa shape index (κ2) is 8.13. The van der Waals surface area contributed by atoms with Crippen LogP contribution in [0.2, 0.25) is 10.0 Å². The third kappa shape index (κ3) is 4.20. The van der Waals surface area contributed by atoms with Gasteiger partial charge in [-0.05, 0) is 48.7 Å². The van der Waals surface area contributed by atoms with Crippen LogP contribution in [-0.4, -0.2) is 27.6 Å². The molecule has 0 aliphatic heterocycles. The molecule has 2 N–H and O–H groups in total. The first-order valence-corrected chi connectivity index (χ1v) is 10.2. The Balaban J connectivity index is 1.40. The first-order valence-electron chi connectivity index (χ1n) is 9.49. The molecule has 30 heavy (non-hydrogen) atoms. The first kappa shape index (κ1) is 20.4. The second-order valence-electron chi connectivity index (χ2n) is 7.42. The normalized spacial score (nSPS) is 17.5. The predicted octanol–water partition coefficient (Wildman–Crippen LogP) is 4.31.